The first-order valence-corrected chi connectivity index (χ1v) is 8.81. The molecule has 0 aromatic heterocycles. The van der Waals surface area contributed by atoms with Gasteiger partial charge in [-0.3, -0.25) is 14.5 Å². The van der Waals surface area contributed by atoms with E-state index in [1.807, 2.05) is 0 Å². The Morgan fingerprint density at radius 3 is 2.45 bits per heavy atom. The number of nitrogens with one attached hydrogen (secondary N) is 2. The normalized spacial score (nSPS) is 24.9. The SMILES string of the molecule is CS(=O)(=O)NCCNC1CC(=O)N(C2CCCC2)C1=O. The molecule has 20 heavy (non-hydrogen) atoms. The van der Waals surface area contributed by atoms with E-state index in [0.29, 0.717) is 6.54 Å². The Kier molecular flexibility index (Phi) is 4.77. The van der Waals surface area contributed by atoms with E-state index in [9.17, 15) is 18.0 Å². The van der Waals surface area contributed by atoms with Gasteiger partial charge in [-0.25, -0.2) is 13.1 Å². The van der Waals surface area contributed by atoms with Gasteiger partial charge < -0.3 is 5.32 Å². The van der Waals surface area contributed by atoms with Crippen LogP contribution in [0.15, 0.2) is 0 Å². The summed E-state index contributed by atoms with van der Waals surface area (Å²) in [5, 5.41) is 2.95. The van der Waals surface area contributed by atoms with Gasteiger partial charge in [0.05, 0.1) is 18.7 Å². The van der Waals surface area contributed by atoms with E-state index in [-0.39, 0.29) is 30.8 Å². The van der Waals surface area contributed by atoms with Crippen LogP contribution in [0, 0.1) is 0 Å². The van der Waals surface area contributed by atoms with E-state index in [0.717, 1.165) is 31.9 Å². The van der Waals surface area contributed by atoms with Crippen LogP contribution in [0.5, 0.6) is 0 Å². The first-order chi connectivity index (χ1) is 9.38. The van der Waals surface area contributed by atoms with Crippen molar-refractivity contribution in [2.75, 3.05) is 19.3 Å². The molecule has 1 atom stereocenters. The van der Waals surface area contributed by atoms with Crippen molar-refractivity contribution in [3.63, 3.8) is 0 Å². The van der Waals surface area contributed by atoms with Gasteiger partial charge in [-0.05, 0) is 12.8 Å². The van der Waals surface area contributed by atoms with Crippen LogP contribution in [0.2, 0.25) is 0 Å². The van der Waals surface area contributed by atoms with Crippen molar-refractivity contribution in [3.8, 4) is 0 Å². The molecule has 2 amide bonds. The van der Waals surface area contributed by atoms with Gasteiger partial charge in [0.1, 0.15) is 0 Å². The van der Waals surface area contributed by atoms with Gasteiger partial charge >= 0.3 is 0 Å². The van der Waals surface area contributed by atoms with Crippen LogP contribution in [0.1, 0.15) is 32.1 Å². The highest BCUT2D eigenvalue weighted by molar-refractivity contribution is 7.88. The molecule has 0 aromatic carbocycles. The average Bonchev–Trinajstić information content (AvgIpc) is 2.93. The Hall–Kier alpha value is -0.990. The van der Waals surface area contributed by atoms with Gasteiger partial charge in [0.25, 0.3) is 0 Å². The van der Waals surface area contributed by atoms with Gasteiger partial charge in [-0.1, -0.05) is 12.8 Å². The lowest BCUT2D eigenvalue weighted by atomic mass is 10.2. The van der Waals surface area contributed by atoms with Crippen LogP contribution in [0.25, 0.3) is 0 Å². The summed E-state index contributed by atoms with van der Waals surface area (Å²) in [6.45, 7) is 0.537. The van der Waals surface area contributed by atoms with Gasteiger partial charge in [0, 0.05) is 19.1 Å². The number of likely N-dealkylation sites (tertiary alicyclic amines) is 1. The molecule has 1 aliphatic heterocycles. The molecule has 0 spiro atoms. The molecular weight excluding hydrogens is 282 g/mol. The first-order valence-electron chi connectivity index (χ1n) is 6.92. The molecule has 2 rings (SSSR count). The summed E-state index contributed by atoms with van der Waals surface area (Å²) in [7, 11) is -3.22. The van der Waals surface area contributed by atoms with Crippen molar-refractivity contribution >= 4 is 21.8 Å². The third kappa shape index (κ3) is 3.77. The molecule has 8 heteroatoms. The first kappa shape index (κ1) is 15.4. The second-order valence-corrected chi connectivity index (χ2v) is 7.25. The van der Waals surface area contributed by atoms with Crippen LogP contribution < -0.4 is 10.0 Å². The number of sulfonamides is 1. The second-order valence-electron chi connectivity index (χ2n) is 5.42. The fourth-order valence-electron chi connectivity index (χ4n) is 2.84. The smallest absolute Gasteiger partial charge is 0.247 e. The highest BCUT2D eigenvalue weighted by atomic mass is 32.2. The molecule has 0 aromatic rings. The van der Waals surface area contributed by atoms with Crippen molar-refractivity contribution in [1.82, 2.24) is 14.9 Å². The molecule has 1 saturated carbocycles. The molecule has 114 valence electrons. The van der Waals surface area contributed by atoms with Crippen molar-refractivity contribution in [3.05, 3.63) is 0 Å². The summed E-state index contributed by atoms with van der Waals surface area (Å²) in [6.07, 6.45) is 5.20. The molecule has 1 saturated heterocycles. The monoisotopic (exact) mass is 303 g/mol. The molecule has 0 bridgehead atoms. The lowest BCUT2D eigenvalue weighted by Gasteiger charge is -2.22. The van der Waals surface area contributed by atoms with Crippen LogP contribution in [0.3, 0.4) is 0 Å². The van der Waals surface area contributed by atoms with E-state index in [2.05, 4.69) is 10.0 Å². The number of imide groups is 1. The molecule has 1 heterocycles. The average molecular weight is 303 g/mol. The molecule has 1 aliphatic carbocycles. The number of nitrogens with zero attached hydrogens (tertiary/aromatic N) is 1. The Labute approximate surface area is 119 Å². The topological polar surface area (TPSA) is 95.6 Å². The summed E-state index contributed by atoms with van der Waals surface area (Å²) in [5.74, 6) is -0.281. The number of carbonyl (C=O) groups excluding carboxylic acids is 2. The molecule has 2 aliphatic rings. The minimum atomic E-state index is -3.22. The standard InChI is InChI=1S/C12H21N3O4S/c1-20(18,19)14-7-6-13-10-8-11(16)15(12(10)17)9-4-2-3-5-9/h9-10,13-14H,2-8H2,1H3. The third-order valence-electron chi connectivity index (χ3n) is 3.75. The van der Waals surface area contributed by atoms with Crippen LogP contribution in [-0.2, 0) is 19.6 Å². The van der Waals surface area contributed by atoms with E-state index in [1.165, 1.54) is 4.90 Å². The maximum Gasteiger partial charge on any atom is 0.247 e. The number of amides is 2. The Balaban J connectivity index is 1.82. The van der Waals surface area contributed by atoms with Crippen LogP contribution in [-0.4, -0.2) is 56.6 Å². The number of hydrogen-bond acceptors (Lipinski definition) is 5. The fraction of sp³-hybridized carbons (Fsp3) is 0.833. The highest BCUT2D eigenvalue weighted by Crippen LogP contribution is 2.27. The zero-order valence-corrected chi connectivity index (χ0v) is 12.4. The third-order valence-corrected chi connectivity index (χ3v) is 4.48. The lowest BCUT2D eigenvalue weighted by Crippen LogP contribution is -2.44. The molecular formula is C12H21N3O4S. The van der Waals surface area contributed by atoms with Gasteiger partial charge in [0.15, 0.2) is 0 Å². The minimum Gasteiger partial charge on any atom is -0.304 e. The van der Waals surface area contributed by atoms with Crippen molar-refractivity contribution in [2.24, 2.45) is 0 Å². The van der Waals surface area contributed by atoms with E-state index >= 15 is 0 Å². The van der Waals surface area contributed by atoms with Gasteiger partial charge in [0.2, 0.25) is 21.8 Å². The predicted molar refractivity (Wildman–Crippen MR) is 73.4 cm³/mol. The number of hydrogen-bond donors (Lipinski definition) is 2. The maximum atomic E-state index is 12.2. The maximum absolute atomic E-state index is 12.2. The zero-order valence-electron chi connectivity index (χ0n) is 11.6. The van der Waals surface area contributed by atoms with Crippen molar-refractivity contribution in [1.29, 1.82) is 0 Å². The predicted octanol–water partition coefficient (Wildman–Crippen LogP) is -0.805. The summed E-state index contributed by atoms with van der Waals surface area (Å²) >= 11 is 0. The minimum absolute atomic E-state index is 0.0657. The van der Waals surface area contributed by atoms with Gasteiger partial charge in [-0.15, -0.1) is 0 Å². The van der Waals surface area contributed by atoms with E-state index < -0.39 is 16.1 Å². The highest BCUT2D eigenvalue weighted by Gasteiger charge is 2.42. The summed E-state index contributed by atoms with van der Waals surface area (Å²) in [5.41, 5.74) is 0. The molecule has 1 unspecified atom stereocenters. The Bertz CT molecular complexity index is 485. The van der Waals surface area contributed by atoms with Crippen LogP contribution >= 0.6 is 0 Å². The second kappa shape index (κ2) is 6.19. The lowest BCUT2D eigenvalue weighted by molar-refractivity contribution is -0.141. The van der Waals surface area contributed by atoms with Crippen molar-refractivity contribution < 1.29 is 18.0 Å². The largest absolute Gasteiger partial charge is 0.304 e. The zero-order chi connectivity index (χ0) is 14.8. The van der Waals surface area contributed by atoms with E-state index in [1.54, 1.807) is 0 Å². The number of carbonyl (C=O) groups is 2. The summed E-state index contributed by atoms with van der Waals surface area (Å²) in [4.78, 5) is 25.5. The van der Waals surface area contributed by atoms with E-state index in [4.69, 9.17) is 0 Å². The fourth-order valence-corrected chi connectivity index (χ4v) is 3.31. The molecule has 2 N–H and O–H groups in total. The summed E-state index contributed by atoms with van der Waals surface area (Å²) < 4.78 is 24.1. The summed E-state index contributed by atoms with van der Waals surface area (Å²) in [6, 6.07) is -0.444. The number of rotatable bonds is 6. The molecule has 2 fully saturated rings. The van der Waals surface area contributed by atoms with Gasteiger partial charge in [-0.2, -0.15) is 0 Å². The Morgan fingerprint density at radius 1 is 1.20 bits per heavy atom. The molecule has 0 radical (unpaired) electrons. The Morgan fingerprint density at radius 2 is 1.85 bits per heavy atom. The van der Waals surface area contributed by atoms with Crippen molar-refractivity contribution in [2.45, 2.75) is 44.2 Å². The molecule has 7 nitrogen and oxygen atoms in total. The van der Waals surface area contributed by atoms with Crippen LogP contribution in [0.4, 0.5) is 0 Å². The quantitative estimate of drug-likeness (QED) is 0.494.